The van der Waals surface area contributed by atoms with E-state index in [0.29, 0.717) is 0 Å². The van der Waals surface area contributed by atoms with E-state index in [-0.39, 0.29) is 0 Å². The van der Waals surface area contributed by atoms with E-state index < -0.39 is 54.7 Å². The molecule has 0 aromatic heterocycles. The summed E-state index contributed by atoms with van der Waals surface area (Å²) >= 11 is 0. The lowest BCUT2D eigenvalue weighted by atomic mass is 10.2. The van der Waals surface area contributed by atoms with Gasteiger partial charge in [0.05, 0.1) is 12.8 Å². The van der Waals surface area contributed by atoms with Crippen molar-refractivity contribution in [3.63, 3.8) is 0 Å². The summed E-state index contributed by atoms with van der Waals surface area (Å²) in [6, 6.07) is 0. The number of hydrogen-bond acceptors (Lipinski definition) is 9. The second-order valence-electron chi connectivity index (χ2n) is 3.44. The molecule has 1 saturated heterocycles. The normalized spacial score (nSPS) is 25.7. The van der Waals surface area contributed by atoms with Crippen LogP contribution in [0.15, 0.2) is 0 Å². The van der Waals surface area contributed by atoms with Crippen molar-refractivity contribution < 1.29 is 48.7 Å². The fraction of sp³-hybridized carbons (Fsp3) is 0.444. The maximum atomic E-state index is 11.2. The number of rotatable bonds is 1. The van der Waals surface area contributed by atoms with Gasteiger partial charge in [-0.05, 0) is 0 Å². The van der Waals surface area contributed by atoms with Crippen LogP contribution < -0.4 is 0 Å². The first-order chi connectivity index (χ1) is 8.81. The smallest absolute Gasteiger partial charge is 0.421 e. The van der Waals surface area contributed by atoms with Gasteiger partial charge < -0.3 is 14.9 Å². The van der Waals surface area contributed by atoms with Gasteiger partial charge in [-0.1, -0.05) is 0 Å². The highest BCUT2D eigenvalue weighted by atomic mass is 17.2. The molecule has 0 saturated carbocycles. The zero-order valence-electron chi connectivity index (χ0n) is 9.23. The Morgan fingerprint density at radius 2 is 1.74 bits per heavy atom. The van der Waals surface area contributed by atoms with Crippen LogP contribution in [0.3, 0.4) is 0 Å². The highest BCUT2D eigenvalue weighted by molar-refractivity contribution is 6.34. The number of carbonyl (C=O) groups is 5. The number of hydrogen-bond donors (Lipinski definition) is 2. The molecule has 0 bridgehead atoms. The topological polar surface area (TPSA) is 153 Å². The number of carboxylic acid groups (broad SMARTS) is 1. The van der Waals surface area contributed by atoms with Crippen molar-refractivity contribution in [3.8, 4) is 0 Å². The number of esters is 1. The van der Waals surface area contributed by atoms with Crippen molar-refractivity contribution in [2.45, 2.75) is 25.0 Å². The molecule has 104 valence electrons. The van der Waals surface area contributed by atoms with E-state index in [1.807, 2.05) is 0 Å². The predicted octanol–water partition coefficient (Wildman–Crippen LogP) is -2.29. The monoisotopic (exact) mass is 276 g/mol. The fourth-order valence-electron chi connectivity index (χ4n) is 1.06. The summed E-state index contributed by atoms with van der Waals surface area (Å²) in [5.41, 5.74) is 0. The Morgan fingerprint density at radius 3 is 2.32 bits per heavy atom. The number of carbonyl (C=O) groups excluding carboxylic acids is 4. The molecular formula is C9H8O10. The molecule has 2 unspecified atom stereocenters. The molecule has 0 amide bonds. The van der Waals surface area contributed by atoms with Crippen LogP contribution in [0.4, 0.5) is 0 Å². The quantitative estimate of drug-likeness (QED) is 0.303. The largest absolute Gasteiger partial charge is 0.478 e. The third-order valence-electron chi connectivity index (χ3n) is 1.97. The summed E-state index contributed by atoms with van der Waals surface area (Å²) in [5, 5.41) is 17.9. The zero-order chi connectivity index (χ0) is 14.6. The van der Waals surface area contributed by atoms with Gasteiger partial charge in [0, 0.05) is 0 Å². The lowest BCUT2D eigenvalue weighted by Gasteiger charge is -2.13. The van der Waals surface area contributed by atoms with E-state index in [1.165, 1.54) is 0 Å². The van der Waals surface area contributed by atoms with Gasteiger partial charge >= 0.3 is 23.9 Å². The number of cyclic esters (lactones) is 1. The van der Waals surface area contributed by atoms with Crippen LogP contribution in [0, 0.1) is 0 Å². The van der Waals surface area contributed by atoms with Crippen molar-refractivity contribution >= 4 is 29.7 Å². The van der Waals surface area contributed by atoms with Crippen LogP contribution in [0.5, 0.6) is 0 Å². The first-order valence-corrected chi connectivity index (χ1v) is 4.87. The Kier molecular flexibility index (Phi) is 4.53. The Morgan fingerprint density at radius 1 is 1.11 bits per heavy atom. The summed E-state index contributed by atoms with van der Waals surface area (Å²) in [7, 11) is 0. The summed E-state index contributed by atoms with van der Waals surface area (Å²) < 4.78 is 4.30. The predicted molar refractivity (Wildman–Crippen MR) is 49.9 cm³/mol. The molecule has 1 fully saturated rings. The molecule has 10 nitrogen and oxygen atoms in total. The summed E-state index contributed by atoms with van der Waals surface area (Å²) in [6.45, 7) is 0. The molecule has 1 aliphatic rings. The van der Waals surface area contributed by atoms with Gasteiger partial charge in [0.25, 0.3) is 0 Å². The standard InChI is InChI=1S/C9H8O10/c10-3-1-5(7(13)14)17-8(15)4(11)2-6(12)18-19-9(3)16/h4-5,11H,1-2H2,(H,13,14). The molecule has 1 rings (SSSR count). The first-order valence-electron chi connectivity index (χ1n) is 4.87. The van der Waals surface area contributed by atoms with Gasteiger partial charge in [0.2, 0.25) is 11.9 Å². The lowest BCUT2D eigenvalue weighted by Crippen LogP contribution is -2.35. The van der Waals surface area contributed by atoms with E-state index in [2.05, 4.69) is 14.5 Å². The summed E-state index contributed by atoms with van der Waals surface area (Å²) in [5.74, 6) is -7.43. The molecular weight excluding hydrogens is 268 g/mol. The zero-order valence-corrected chi connectivity index (χ0v) is 9.23. The number of ether oxygens (including phenoxy) is 1. The van der Waals surface area contributed by atoms with Crippen LogP contribution in [0.25, 0.3) is 0 Å². The van der Waals surface area contributed by atoms with Crippen molar-refractivity contribution in [1.29, 1.82) is 0 Å². The van der Waals surface area contributed by atoms with Gasteiger partial charge in [0.15, 0.2) is 6.10 Å². The van der Waals surface area contributed by atoms with Gasteiger partial charge in [-0.15, -0.1) is 0 Å². The lowest BCUT2D eigenvalue weighted by molar-refractivity contribution is -0.257. The molecule has 0 aliphatic carbocycles. The minimum absolute atomic E-state index is 0.924. The second-order valence-corrected chi connectivity index (χ2v) is 3.44. The second kappa shape index (κ2) is 5.91. The van der Waals surface area contributed by atoms with Crippen LogP contribution in [0.1, 0.15) is 12.8 Å². The van der Waals surface area contributed by atoms with Crippen LogP contribution in [-0.4, -0.2) is 52.1 Å². The highest BCUT2D eigenvalue weighted by Gasteiger charge is 2.34. The fourth-order valence-corrected chi connectivity index (χ4v) is 1.06. The maximum absolute atomic E-state index is 11.2. The van der Waals surface area contributed by atoms with E-state index >= 15 is 0 Å². The van der Waals surface area contributed by atoms with Crippen molar-refractivity contribution in [2.24, 2.45) is 0 Å². The molecule has 0 aromatic carbocycles. The van der Waals surface area contributed by atoms with Crippen molar-refractivity contribution in [1.82, 2.24) is 0 Å². The number of aliphatic hydroxyl groups is 1. The minimum Gasteiger partial charge on any atom is -0.478 e. The molecule has 10 heteroatoms. The van der Waals surface area contributed by atoms with E-state index in [1.54, 1.807) is 0 Å². The molecule has 0 radical (unpaired) electrons. The Labute approximate surface area is 104 Å². The molecule has 2 atom stereocenters. The number of carboxylic acids is 1. The van der Waals surface area contributed by atoms with E-state index in [0.717, 1.165) is 0 Å². The summed E-state index contributed by atoms with van der Waals surface area (Å²) in [4.78, 5) is 62.7. The molecule has 1 aliphatic heterocycles. The van der Waals surface area contributed by atoms with Gasteiger partial charge in [-0.3, -0.25) is 4.79 Å². The first kappa shape index (κ1) is 14.6. The molecule has 1 heterocycles. The van der Waals surface area contributed by atoms with Crippen molar-refractivity contribution in [3.05, 3.63) is 0 Å². The molecule has 0 spiro atoms. The van der Waals surface area contributed by atoms with E-state index in [9.17, 15) is 29.1 Å². The Bertz CT molecular complexity index is 438. The Hall–Kier alpha value is -2.49. The minimum atomic E-state index is -2.00. The highest BCUT2D eigenvalue weighted by Crippen LogP contribution is 2.08. The van der Waals surface area contributed by atoms with E-state index in [4.69, 9.17) is 5.11 Å². The number of aliphatic carboxylic acids is 1. The maximum Gasteiger partial charge on any atom is 0.421 e. The van der Waals surface area contributed by atoms with Gasteiger partial charge in [-0.25, -0.2) is 29.0 Å². The van der Waals surface area contributed by atoms with Crippen molar-refractivity contribution in [2.75, 3.05) is 0 Å². The van der Waals surface area contributed by atoms with Crippen LogP contribution in [0.2, 0.25) is 0 Å². The summed E-state index contributed by atoms with van der Waals surface area (Å²) in [6.07, 6.45) is -5.91. The number of ketones is 1. The number of Topliss-reactive ketones (excluding diaryl/α,β-unsaturated/α-hetero) is 1. The molecule has 2 N–H and O–H groups in total. The molecule has 0 aromatic rings. The average Bonchev–Trinajstić information content (AvgIpc) is 2.34. The SMILES string of the molecule is O=C1CC(O)C(=O)OC(C(=O)O)CC(=O)C(=O)OO1. The number of aliphatic hydroxyl groups excluding tert-OH is 1. The van der Waals surface area contributed by atoms with Crippen LogP contribution in [-0.2, 0) is 38.5 Å². The average molecular weight is 276 g/mol. The van der Waals surface area contributed by atoms with Gasteiger partial charge in [-0.2, -0.15) is 0 Å². The molecule has 19 heavy (non-hydrogen) atoms. The van der Waals surface area contributed by atoms with Crippen LogP contribution >= 0.6 is 0 Å². The Balaban J connectivity index is 2.93. The third-order valence-corrected chi connectivity index (χ3v) is 1.97. The third kappa shape index (κ3) is 4.03. The van der Waals surface area contributed by atoms with Gasteiger partial charge in [0.1, 0.15) is 0 Å².